The Bertz CT molecular complexity index is 807. The van der Waals surface area contributed by atoms with E-state index in [0.29, 0.717) is 0 Å². The maximum atomic E-state index is 12.8. The second-order valence-corrected chi connectivity index (χ2v) is 6.44. The first-order valence-electron chi connectivity index (χ1n) is 7.02. The van der Waals surface area contributed by atoms with E-state index in [1.54, 1.807) is 19.1 Å². The predicted molar refractivity (Wildman–Crippen MR) is 80.0 cm³/mol. The molecule has 2 fully saturated rings. The van der Waals surface area contributed by atoms with Crippen LogP contribution < -0.4 is 4.90 Å². The Kier molecular flexibility index (Phi) is 2.74. The Labute approximate surface area is 135 Å². The number of non-ortho nitro benzene ring substituents is 1. The number of imide groups is 1. The number of benzene rings is 1. The zero-order valence-electron chi connectivity index (χ0n) is 11.9. The van der Waals surface area contributed by atoms with Gasteiger partial charge in [0.05, 0.1) is 39.2 Å². The van der Waals surface area contributed by atoms with Crippen LogP contribution in [0.5, 0.6) is 0 Å². The molecule has 1 aromatic carbocycles. The average molecular weight is 335 g/mol. The van der Waals surface area contributed by atoms with E-state index < -0.39 is 40.3 Å². The molecule has 0 spiro atoms. The Morgan fingerprint density at radius 1 is 1.35 bits per heavy atom. The second-order valence-electron chi connectivity index (χ2n) is 6.03. The van der Waals surface area contributed by atoms with Crippen molar-refractivity contribution < 1.29 is 19.2 Å². The molecule has 23 heavy (non-hydrogen) atoms. The number of hydrogen-bond donors (Lipinski definition) is 0. The summed E-state index contributed by atoms with van der Waals surface area (Å²) in [6.45, 7) is 1.76. The third-order valence-corrected chi connectivity index (χ3v) is 5.03. The SMILES string of the molecule is C[C@]12C=C[C@H](O1)[C@H]1C(=O)N(c3cc([N+](=O)[O-])ccc3Cl)C(=O)[C@@H]12. The summed E-state index contributed by atoms with van der Waals surface area (Å²) in [6.07, 6.45) is 3.14. The summed E-state index contributed by atoms with van der Waals surface area (Å²) in [4.78, 5) is 36.8. The van der Waals surface area contributed by atoms with E-state index in [4.69, 9.17) is 16.3 Å². The molecule has 4 atom stereocenters. The highest BCUT2D eigenvalue weighted by molar-refractivity contribution is 6.36. The molecule has 0 radical (unpaired) electrons. The fraction of sp³-hybridized carbons (Fsp3) is 0.333. The average Bonchev–Trinajstić information content (AvgIpc) is 3.09. The van der Waals surface area contributed by atoms with Gasteiger partial charge in [-0.05, 0) is 13.0 Å². The van der Waals surface area contributed by atoms with E-state index in [9.17, 15) is 19.7 Å². The highest BCUT2D eigenvalue weighted by Crippen LogP contribution is 2.52. The number of fused-ring (bicyclic) bond motifs is 5. The fourth-order valence-corrected chi connectivity index (χ4v) is 3.88. The monoisotopic (exact) mass is 334 g/mol. The van der Waals surface area contributed by atoms with Crippen LogP contribution >= 0.6 is 11.6 Å². The van der Waals surface area contributed by atoms with Crippen molar-refractivity contribution in [1.82, 2.24) is 0 Å². The summed E-state index contributed by atoms with van der Waals surface area (Å²) in [5, 5.41) is 11.1. The van der Waals surface area contributed by atoms with Crippen LogP contribution in [0.15, 0.2) is 30.4 Å². The third kappa shape index (κ3) is 1.74. The van der Waals surface area contributed by atoms with Crippen molar-refractivity contribution in [2.75, 3.05) is 4.90 Å². The van der Waals surface area contributed by atoms with E-state index in [1.807, 2.05) is 0 Å². The zero-order valence-corrected chi connectivity index (χ0v) is 12.7. The van der Waals surface area contributed by atoms with Crippen molar-refractivity contribution >= 4 is 34.8 Å². The van der Waals surface area contributed by atoms with E-state index in [2.05, 4.69) is 0 Å². The number of nitro benzene ring substituents is 1. The molecule has 0 saturated carbocycles. The highest BCUT2D eigenvalue weighted by atomic mass is 35.5. The largest absolute Gasteiger partial charge is 0.362 e. The van der Waals surface area contributed by atoms with Gasteiger partial charge in [-0.25, -0.2) is 4.90 Å². The molecule has 0 aromatic heterocycles. The molecule has 8 heteroatoms. The molecule has 0 unspecified atom stereocenters. The number of amides is 2. The summed E-state index contributed by atoms with van der Waals surface area (Å²) in [7, 11) is 0. The normalized spacial score (nSPS) is 34.3. The van der Waals surface area contributed by atoms with Crippen molar-refractivity contribution in [3.8, 4) is 0 Å². The number of rotatable bonds is 2. The number of carbonyl (C=O) groups excluding carboxylic acids is 2. The molecule has 0 aliphatic carbocycles. The van der Waals surface area contributed by atoms with Crippen molar-refractivity contribution in [2.24, 2.45) is 11.8 Å². The molecular formula is C15H11ClN2O5. The minimum Gasteiger partial charge on any atom is -0.362 e. The Balaban J connectivity index is 1.81. The molecule has 2 saturated heterocycles. The summed E-state index contributed by atoms with van der Waals surface area (Å²) < 4.78 is 5.72. The molecule has 3 aliphatic rings. The van der Waals surface area contributed by atoms with Crippen molar-refractivity contribution in [3.63, 3.8) is 0 Å². The standard InChI is InChI=1S/C15H11ClN2O5/c1-15-5-4-10(23-15)11-12(15)14(20)17(13(11)19)9-6-7(18(21)22)2-3-8(9)16/h2-6,10-12H,1H3/t10-,11+,12+,15+/m0/s1. The molecule has 1 aromatic rings. The van der Waals surface area contributed by atoms with Crippen LogP contribution in [0.1, 0.15) is 6.92 Å². The van der Waals surface area contributed by atoms with Crippen LogP contribution in [0.2, 0.25) is 5.02 Å². The first-order chi connectivity index (χ1) is 10.8. The van der Waals surface area contributed by atoms with E-state index in [0.717, 1.165) is 11.0 Å². The first-order valence-corrected chi connectivity index (χ1v) is 7.40. The number of ether oxygens (including phenoxy) is 1. The predicted octanol–water partition coefficient (Wildman–Crippen LogP) is 2.08. The quantitative estimate of drug-likeness (QED) is 0.357. The lowest BCUT2D eigenvalue weighted by Gasteiger charge is -2.24. The maximum Gasteiger partial charge on any atom is 0.271 e. The Hall–Kier alpha value is -2.25. The third-order valence-electron chi connectivity index (χ3n) is 4.71. The van der Waals surface area contributed by atoms with E-state index >= 15 is 0 Å². The highest BCUT2D eigenvalue weighted by Gasteiger charge is 2.66. The van der Waals surface area contributed by atoms with Crippen LogP contribution in [0.25, 0.3) is 0 Å². The van der Waals surface area contributed by atoms with Gasteiger partial charge in [0.1, 0.15) is 0 Å². The topological polar surface area (TPSA) is 89.8 Å². The summed E-state index contributed by atoms with van der Waals surface area (Å²) in [5.41, 5.74) is -0.997. The molecule has 3 aliphatic heterocycles. The number of anilines is 1. The molecule has 3 heterocycles. The number of carbonyl (C=O) groups is 2. The molecule has 2 bridgehead atoms. The van der Waals surface area contributed by atoms with Gasteiger partial charge < -0.3 is 4.74 Å². The minimum atomic E-state index is -0.815. The smallest absolute Gasteiger partial charge is 0.271 e. The van der Waals surface area contributed by atoms with Gasteiger partial charge in [-0.2, -0.15) is 0 Å². The zero-order chi connectivity index (χ0) is 16.5. The van der Waals surface area contributed by atoms with Gasteiger partial charge in [-0.1, -0.05) is 23.8 Å². The van der Waals surface area contributed by atoms with Crippen LogP contribution in [0, 0.1) is 22.0 Å². The van der Waals surface area contributed by atoms with Gasteiger partial charge in [-0.15, -0.1) is 0 Å². The van der Waals surface area contributed by atoms with E-state index in [1.165, 1.54) is 12.1 Å². The van der Waals surface area contributed by atoms with Crippen LogP contribution in [0.4, 0.5) is 11.4 Å². The summed E-state index contributed by atoms with van der Waals surface area (Å²) in [6, 6.07) is 3.69. The number of nitro groups is 1. The lowest BCUT2D eigenvalue weighted by Crippen LogP contribution is -2.38. The van der Waals surface area contributed by atoms with Gasteiger partial charge in [0, 0.05) is 12.1 Å². The first kappa shape index (κ1) is 14.3. The molecule has 118 valence electrons. The molecule has 7 nitrogen and oxygen atoms in total. The summed E-state index contributed by atoms with van der Waals surface area (Å²) >= 11 is 6.08. The lowest BCUT2D eigenvalue weighted by molar-refractivity contribution is -0.384. The van der Waals surface area contributed by atoms with Crippen LogP contribution in [-0.4, -0.2) is 28.4 Å². The van der Waals surface area contributed by atoms with Gasteiger partial charge >= 0.3 is 0 Å². The minimum absolute atomic E-state index is 0.0493. The van der Waals surface area contributed by atoms with Crippen LogP contribution in [0.3, 0.4) is 0 Å². The maximum absolute atomic E-state index is 12.8. The summed E-state index contributed by atoms with van der Waals surface area (Å²) in [5.74, 6) is -2.09. The van der Waals surface area contributed by atoms with Crippen molar-refractivity contribution in [1.29, 1.82) is 0 Å². The molecular weight excluding hydrogens is 324 g/mol. The number of halogens is 1. The van der Waals surface area contributed by atoms with Gasteiger partial charge in [0.2, 0.25) is 11.8 Å². The number of nitrogens with zero attached hydrogens (tertiary/aromatic N) is 2. The Morgan fingerprint density at radius 2 is 2.09 bits per heavy atom. The molecule has 2 amide bonds. The second kappa shape index (κ2) is 4.39. The Morgan fingerprint density at radius 3 is 2.74 bits per heavy atom. The van der Waals surface area contributed by atoms with Gasteiger partial charge in [0.25, 0.3) is 5.69 Å². The van der Waals surface area contributed by atoms with Crippen LogP contribution in [-0.2, 0) is 14.3 Å². The van der Waals surface area contributed by atoms with Gasteiger partial charge in [-0.3, -0.25) is 19.7 Å². The van der Waals surface area contributed by atoms with Gasteiger partial charge in [0.15, 0.2) is 0 Å². The van der Waals surface area contributed by atoms with Crippen molar-refractivity contribution in [3.05, 3.63) is 45.5 Å². The van der Waals surface area contributed by atoms with Crippen molar-refractivity contribution in [2.45, 2.75) is 18.6 Å². The lowest BCUT2D eigenvalue weighted by atomic mass is 9.78. The fourth-order valence-electron chi connectivity index (χ4n) is 3.68. The molecule has 0 N–H and O–H groups in total. The van der Waals surface area contributed by atoms with E-state index in [-0.39, 0.29) is 16.4 Å². The number of hydrogen-bond acceptors (Lipinski definition) is 5. The molecule has 4 rings (SSSR count).